The van der Waals surface area contributed by atoms with Crippen LogP contribution in [0.5, 0.6) is 0 Å². The molecule has 0 aliphatic carbocycles. The van der Waals surface area contributed by atoms with Crippen molar-refractivity contribution in [2.24, 2.45) is 7.05 Å². The number of hydrogen-bond acceptors (Lipinski definition) is 5. The van der Waals surface area contributed by atoms with Crippen molar-refractivity contribution >= 4 is 22.6 Å². The van der Waals surface area contributed by atoms with E-state index < -0.39 is 0 Å². The van der Waals surface area contributed by atoms with E-state index in [-0.39, 0.29) is 17.2 Å². The van der Waals surface area contributed by atoms with Crippen molar-refractivity contribution in [3.8, 4) is 0 Å². The van der Waals surface area contributed by atoms with Crippen LogP contribution in [0.2, 0.25) is 0 Å². The van der Waals surface area contributed by atoms with Gasteiger partial charge in [0.1, 0.15) is 11.5 Å². The summed E-state index contributed by atoms with van der Waals surface area (Å²) in [5, 5.41) is 10.9. The summed E-state index contributed by atoms with van der Waals surface area (Å²) in [4.78, 5) is 27.7. The van der Waals surface area contributed by atoms with Crippen molar-refractivity contribution in [1.29, 1.82) is 0 Å². The van der Waals surface area contributed by atoms with Crippen LogP contribution in [0.15, 0.2) is 53.3 Å². The van der Waals surface area contributed by atoms with Crippen molar-refractivity contribution < 1.29 is 4.79 Å². The number of amides is 1. The fraction of sp³-hybridized carbons (Fsp3) is 0.176. The number of aryl methyl sites for hydroxylation is 1. The molecule has 0 bridgehead atoms. The average Bonchev–Trinajstić information content (AvgIpc) is 2.60. The Labute approximate surface area is 138 Å². The molecule has 0 aliphatic rings. The molecule has 7 nitrogen and oxygen atoms in total. The van der Waals surface area contributed by atoms with E-state index in [1.165, 1.54) is 19.2 Å². The van der Waals surface area contributed by atoms with Gasteiger partial charge in [-0.2, -0.15) is 5.10 Å². The van der Waals surface area contributed by atoms with E-state index in [0.717, 1.165) is 21.4 Å². The van der Waals surface area contributed by atoms with Gasteiger partial charge in [0.25, 0.3) is 11.5 Å². The number of pyridine rings is 1. The quantitative estimate of drug-likeness (QED) is 0.688. The van der Waals surface area contributed by atoms with Gasteiger partial charge in [-0.15, -0.1) is 0 Å². The molecule has 0 unspecified atom stereocenters. The molecule has 0 saturated carbocycles. The van der Waals surface area contributed by atoms with Crippen LogP contribution in [-0.2, 0) is 7.05 Å². The standard InChI is InChI=1S/C17H17N5O2/c1-22-16(23)9-7-14(21-22)17(24)19-11-10-18-15-8-6-12-4-2-3-5-13(12)20-15/h2-9H,10-11H2,1H3,(H,18,20)(H,19,24). The summed E-state index contributed by atoms with van der Waals surface area (Å²) in [6.07, 6.45) is 0. The molecule has 2 heterocycles. The van der Waals surface area contributed by atoms with Crippen LogP contribution in [0.4, 0.5) is 5.82 Å². The van der Waals surface area contributed by atoms with E-state index in [4.69, 9.17) is 0 Å². The first-order valence-corrected chi connectivity index (χ1v) is 7.56. The van der Waals surface area contributed by atoms with E-state index in [1.54, 1.807) is 0 Å². The second-order valence-electron chi connectivity index (χ2n) is 5.25. The Morgan fingerprint density at radius 3 is 2.75 bits per heavy atom. The van der Waals surface area contributed by atoms with Crippen LogP contribution in [0.25, 0.3) is 10.9 Å². The molecule has 0 atom stereocenters. The first-order chi connectivity index (χ1) is 11.6. The summed E-state index contributed by atoms with van der Waals surface area (Å²) in [5.74, 6) is 0.432. The highest BCUT2D eigenvalue weighted by molar-refractivity contribution is 5.92. The minimum absolute atomic E-state index is 0.209. The van der Waals surface area contributed by atoms with E-state index in [0.29, 0.717) is 13.1 Å². The molecule has 0 fully saturated rings. The highest BCUT2D eigenvalue weighted by Gasteiger charge is 2.07. The Morgan fingerprint density at radius 1 is 1.08 bits per heavy atom. The minimum Gasteiger partial charge on any atom is -0.368 e. The topological polar surface area (TPSA) is 88.9 Å². The number of benzene rings is 1. The zero-order chi connectivity index (χ0) is 16.9. The molecule has 0 radical (unpaired) electrons. The second-order valence-corrected chi connectivity index (χ2v) is 5.25. The van der Waals surface area contributed by atoms with Crippen LogP contribution in [0.3, 0.4) is 0 Å². The molecule has 1 amide bonds. The maximum Gasteiger partial charge on any atom is 0.271 e. The lowest BCUT2D eigenvalue weighted by atomic mass is 10.2. The summed E-state index contributed by atoms with van der Waals surface area (Å²) in [5.41, 5.74) is 0.873. The van der Waals surface area contributed by atoms with Gasteiger partial charge < -0.3 is 10.6 Å². The summed E-state index contributed by atoms with van der Waals surface area (Å²) < 4.78 is 1.13. The number of carbonyl (C=O) groups excluding carboxylic acids is 1. The molecule has 2 aromatic heterocycles. The second kappa shape index (κ2) is 6.91. The van der Waals surface area contributed by atoms with Gasteiger partial charge in [0, 0.05) is 31.6 Å². The van der Waals surface area contributed by atoms with Crippen LogP contribution >= 0.6 is 0 Å². The summed E-state index contributed by atoms with van der Waals surface area (Å²) >= 11 is 0. The van der Waals surface area contributed by atoms with Gasteiger partial charge in [0.05, 0.1) is 5.52 Å². The van der Waals surface area contributed by atoms with Gasteiger partial charge in [-0.25, -0.2) is 9.67 Å². The first-order valence-electron chi connectivity index (χ1n) is 7.56. The van der Waals surface area contributed by atoms with Crippen LogP contribution in [-0.4, -0.2) is 33.8 Å². The maximum absolute atomic E-state index is 12.0. The lowest BCUT2D eigenvalue weighted by Gasteiger charge is -2.08. The van der Waals surface area contributed by atoms with E-state index in [2.05, 4.69) is 20.7 Å². The normalized spacial score (nSPS) is 10.5. The Balaban J connectivity index is 1.53. The number of nitrogens with one attached hydrogen (secondary N) is 2. The largest absolute Gasteiger partial charge is 0.368 e. The van der Waals surface area contributed by atoms with Crippen molar-refractivity contribution in [2.45, 2.75) is 0 Å². The van der Waals surface area contributed by atoms with E-state index in [1.807, 2.05) is 36.4 Å². The summed E-state index contributed by atoms with van der Waals surface area (Å²) in [7, 11) is 1.51. The Bertz CT molecular complexity index is 935. The zero-order valence-electron chi connectivity index (χ0n) is 13.2. The molecule has 24 heavy (non-hydrogen) atoms. The fourth-order valence-electron chi connectivity index (χ4n) is 2.25. The van der Waals surface area contributed by atoms with Crippen molar-refractivity contribution in [3.05, 3.63) is 64.6 Å². The maximum atomic E-state index is 12.0. The molecule has 1 aromatic carbocycles. The van der Waals surface area contributed by atoms with E-state index >= 15 is 0 Å². The highest BCUT2D eigenvalue weighted by atomic mass is 16.2. The van der Waals surface area contributed by atoms with Crippen molar-refractivity contribution in [2.75, 3.05) is 18.4 Å². The molecule has 2 N–H and O–H groups in total. The number of aromatic nitrogens is 3. The lowest BCUT2D eigenvalue weighted by molar-refractivity contribution is 0.0948. The molecular formula is C17H17N5O2. The Morgan fingerprint density at radius 2 is 1.92 bits per heavy atom. The molecule has 7 heteroatoms. The highest BCUT2D eigenvalue weighted by Crippen LogP contribution is 2.13. The Hall–Kier alpha value is -3.22. The molecular weight excluding hydrogens is 306 g/mol. The Kier molecular flexibility index (Phi) is 4.51. The van der Waals surface area contributed by atoms with Crippen molar-refractivity contribution in [1.82, 2.24) is 20.1 Å². The number of carbonyl (C=O) groups is 1. The molecule has 3 rings (SSSR count). The number of para-hydroxylation sites is 1. The number of hydrogen-bond donors (Lipinski definition) is 2. The molecule has 122 valence electrons. The third-order valence-electron chi connectivity index (χ3n) is 3.51. The third kappa shape index (κ3) is 3.57. The molecule has 0 spiro atoms. The predicted molar refractivity (Wildman–Crippen MR) is 92.0 cm³/mol. The van der Waals surface area contributed by atoms with E-state index in [9.17, 15) is 9.59 Å². The summed E-state index contributed by atoms with van der Waals surface area (Å²) in [6, 6.07) is 14.5. The zero-order valence-corrected chi connectivity index (χ0v) is 13.2. The predicted octanol–water partition coefficient (Wildman–Crippen LogP) is 1.17. The number of nitrogens with zero attached hydrogens (tertiary/aromatic N) is 3. The molecule has 0 saturated heterocycles. The number of rotatable bonds is 5. The van der Waals surface area contributed by atoms with Gasteiger partial charge in [-0.3, -0.25) is 9.59 Å². The van der Waals surface area contributed by atoms with Crippen LogP contribution in [0.1, 0.15) is 10.5 Å². The van der Waals surface area contributed by atoms with Gasteiger partial charge in [-0.1, -0.05) is 18.2 Å². The smallest absolute Gasteiger partial charge is 0.271 e. The van der Waals surface area contributed by atoms with Gasteiger partial charge in [0.2, 0.25) is 0 Å². The number of anilines is 1. The van der Waals surface area contributed by atoms with Gasteiger partial charge >= 0.3 is 0 Å². The van der Waals surface area contributed by atoms with Crippen molar-refractivity contribution in [3.63, 3.8) is 0 Å². The van der Waals surface area contributed by atoms with Crippen LogP contribution in [0, 0.1) is 0 Å². The SMILES string of the molecule is Cn1nc(C(=O)NCCNc2ccc3ccccc3n2)ccc1=O. The fourth-order valence-corrected chi connectivity index (χ4v) is 2.25. The van der Waals surface area contributed by atoms with Gasteiger partial charge in [0.15, 0.2) is 0 Å². The molecule has 3 aromatic rings. The van der Waals surface area contributed by atoms with Crippen LogP contribution < -0.4 is 16.2 Å². The third-order valence-corrected chi connectivity index (χ3v) is 3.51. The minimum atomic E-state index is -0.320. The lowest BCUT2D eigenvalue weighted by Crippen LogP contribution is -2.31. The van der Waals surface area contributed by atoms with Gasteiger partial charge in [-0.05, 0) is 24.3 Å². The first kappa shape index (κ1) is 15.7. The summed E-state index contributed by atoms with van der Waals surface area (Å²) in [6.45, 7) is 0.945. The number of fused-ring (bicyclic) bond motifs is 1. The monoisotopic (exact) mass is 323 g/mol. The molecule has 0 aliphatic heterocycles. The average molecular weight is 323 g/mol.